The van der Waals surface area contributed by atoms with Crippen LogP contribution in [0.25, 0.3) is 0 Å². The molecule has 0 rings (SSSR count). The Morgan fingerprint density at radius 1 is 1.25 bits per heavy atom. The molecule has 2 heteroatoms. The fraction of sp³-hybridized carbons (Fsp3) is 0.556. The third kappa shape index (κ3) is 9.40. The summed E-state index contributed by atoms with van der Waals surface area (Å²) in [4.78, 5) is 0. The van der Waals surface area contributed by atoms with Gasteiger partial charge in [-0.15, -0.1) is 0 Å². The van der Waals surface area contributed by atoms with Crippen LogP contribution in [0.2, 0.25) is 0 Å². The summed E-state index contributed by atoms with van der Waals surface area (Å²) in [7, 11) is 0. The number of hydrogen-bond acceptors (Lipinski definition) is 1. The Bertz CT molecular complexity index is 364. The highest BCUT2D eigenvalue weighted by atomic mass is 127. The molecule has 0 aromatic heterocycles. The van der Waals surface area contributed by atoms with Crippen LogP contribution >= 0.6 is 22.6 Å². The first-order valence-corrected chi connectivity index (χ1v) is 8.86. The van der Waals surface area contributed by atoms with Crippen molar-refractivity contribution in [3.63, 3.8) is 0 Å². The molecule has 20 heavy (non-hydrogen) atoms. The van der Waals surface area contributed by atoms with Crippen molar-refractivity contribution < 1.29 is 0 Å². The second-order valence-corrected chi connectivity index (χ2v) is 6.08. The van der Waals surface area contributed by atoms with Gasteiger partial charge in [-0.2, -0.15) is 0 Å². The molecule has 0 amide bonds. The summed E-state index contributed by atoms with van der Waals surface area (Å²) in [6.45, 7) is 11.1. The maximum atomic E-state index is 3.29. The molecule has 0 spiro atoms. The lowest BCUT2D eigenvalue weighted by Gasteiger charge is -2.11. The standard InChI is InChI=1S/C18H30IN/c1-6-8-9-18(17(5)13-19)14-20-11-10-16(4)12-15(3)7-2/h8-11,13-16,20H,6-7,12H2,1-5H3/b9-8-,11-10+,17-13+,18-14-. The van der Waals surface area contributed by atoms with E-state index in [-0.39, 0.29) is 0 Å². The van der Waals surface area contributed by atoms with E-state index in [0.29, 0.717) is 5.92 Å². The summed E-state index contributed by atoms with van der Waals surface area (Å²) < 4.78 is 2.11. The number of allylic oxidation sites excluding steroid dienone is 5. The van der Waals surface area contributed by atoms with E-state index in [2.05, 4.69) is 97.2 Å². The van der Waals surface area contributed by atoms with Crippen LogP contribution < -0.4 is 5.32 Å². The smallest absolute Gasteiger partial charge is 0.00801 e. The van der Waals surface area contributed by atoms with Crippen molar-refractivity contribution in [2.24, 2.45) is 11.8 Å². The molecule has 2 unspecified atom stereocenters. The van der Waals surface area contributed by atoms with E-state index in [0.717, 1.165) is 12.3 Å². The molecule has 0 heterocycles. The van der Waals surface area contributed by atoms with Crippen molar-refractivity contribution in [2.75, 3.05) is 0 Å². The highest BCUT2D eigenvalue weighted by Gasteiger charge is 2.03. The maximum Gasteiger partial charge on any atom is 0.00801 e. The second kappa shape index (κ2) is 12.2. The van der Waals surface area contributed by atoms with Crippen LogP contribution in [0.5, 0.6) is 0 Å². The molecule has 0 aliphatic carbocycles. The lowest BCUT2D eigenvalue weighted by molar-refractivity contribution is 0.454. The Balaban J connectivity index is 4.46. The zero-order valence-corrected chi connectivity index (χ0v) is 15.8. The van der Waals surface area contributed by atoms with Gasteiger partial charge in [-0.05, 0) is 53.0 Å². The molecule has 114 valence electrons. The van der Waals surface area contributed by atoms with Crippen LogP contribution in [0, 0.1) is 11.8 Å². The minimum atomic E-state index is 0.627. The van der Waals surface area contributed by atoms with Gasteiger partial charge in [0.05, 0.1) is 0 Å². The number of halogens is 1. The van der Waals surface area contributed by atoms with Crippen molar-refractivity contribution in [3.05, 3.63) is 45.9 Å². The van der Waals surface area contributed by atoms with Crippen molar-refractivity contribution in [3.8, 4) is 0 Å². The normalized spacial score (nSPS) is 16.9. The maximum absolute atomic E-state index is 3.29. The monoisotopic (exact) mass is 387 g/mol. The van der Waals surface area contributed by atoms with E-state index in [1.54, 1.807) is 0 Å². The highest BCUT2D eigenvalue weighted by molar-refractivity contribution is 14.1. The number of rotatable bonds is 9. The number of hydrogen-bond donors (Lipinski definition) is 1. The lowest BCUT2D eigenvalue weighted by Crippen LogP contribution is -2.02. The summed E-state index contributed by atoms with van der Waals surface area (Å²) in [5.41, 5.74) is 2.52. The summed E-state index contributed by atoms with van der Waals surface area (Å²) in [6.07, 6.45) is 14.3. The van der Waals surface area contributed by atoms with Gasteiger partial charge in [-0.25, -0.2) is 0 Å². The molecule has 1 N–H and O–H groups in total. The third-order valence-corrected chi connectivity index (χ3v) is 4.32. The predicted octanol–water partition coefficient (Wildman–Crippen LogP) is 6.35. The van der Waals surface area contributed by atoms with Crippen molar-refractivity contribution in [2.45, 2.75) is 53.9 Å². The van der Waals surface area contributed by atoms with E-state index < -0.39 is 0 Å². The van der Waals surface area contributed by atoms with Crippen LogP contribution in [-0.4, -0.2) is 0 Å². The Morgan fingerprint density at radius 2 is 1.95 bits per heavy atom. The van der Waals surface area contributed by atoms with Gasteiger partial charge < -0.3 is 5.32 Å². The van der Waals surface area contributed by atoms with E-state index in [1.807, 2.05) is 0 Å². The van der Waals surface area contributed by atoms with Gasteiger partial charge in [0.2, 0.25) is 0 Å². The first-order chi connectivity index (χ1) is 9.54. The quantitative estimate of drug-likeness (QED) is 0.359. The van der Waals surface area contributed by atoms with Crippen molar-refractivity contribution in [1.29, 1.82) is 0 Å². The molecule has 0 fully saturated rings. The largest absolute Gasteiger partial charge is 0.367 e. The zero-order valence-electron chi connectivity index (χ0n) is 13.6. The van der Waals surface area contributed by atoms with Gasteiger partial charge in [0.1, 0.15) is 0 Å². The molecule has 0 saturated heterocycles. The second-order valence-electron chi connectivity index (χ2n) is 5.45. The predicted molar refractivity (Wildman–Crippen MR) is 101 cm³/mol. The van der Waals surface area contributed by atoms with Crippen LogP contribution in [-0.2, 0) is 0 Å². The molecule has 0 aromatic carbocycles. The molecule has 0 bridgehead atoms. The first-order valence-electron chi connectivity index (χ1n) is 7.61. The summed E-state index contributed by atoms with van der Waals surface area (Å²) in [5.74, 6) is 1.43. The molecule has 1 nitrogen and oxygen atoms in total. The lowest BCUT2D eigenvalue weighted by atomic mass is 9.95. The van der Waals surface area contributed by atoms with E-state index >= 15 is 0 Å². The van der Waals surface area contributed by atoms with Gasteiger partial charge in [0.25, 0.3) is 0 Å². The SMILES string of the molecule is CC\C=C/C(=C/N/C=C/C(C)CC(C)CC)C(/C)=C/I. The van der Waals surface area contributed by atoms with Crippen LogP contribution in [0.4, 0.5) is 0 Å². The minimum Gasteiger partial charge on any atom is -0.367 e. The third-order valence-electron chi connectivity index (χ3n) is 3.38. The molecular weight excluding hydrogens is 357 g/mol. The molecule has 0 aliphatic rings. The Morgan fingerprint density at radius 3 is 2.50 bits per heavy atom. The summed E-state index contributed by atoms with van der Waals surface area (Å²) >= 11 is 2.29. The summed E-state index contributed by atoms with van der Waals surface area (Å²) in [6, 6.07) is 0. The first kappa shape index (κ1) is 19.5. The summed E-state index contributed by atoms with van der Waals surface area (Å²) in [5, 5.41) is 3.29. The molecule has 0 aliphatic heterocycles. The van der Waals surface area contributed by atoms with Gasteiger partial charge in [0, 0.05) is 6.20 Å². The zero-order chi connectivity index (χ0) is 15.4. The van der Waals surface area contributed by atoms with E-state index in [1.165, 1.54) is 24.0 Å². The number of nitrogens with one attached hydrogen (secondary N) is 1. The fourth-order valence-corrected chi connectivity index (χ4v) is 2.20. The van der Waals surface area contributed by atoms with Gasteiger partial charge in [-0.3, -0.25) is 0 Å². The van der Waals surface area contributed by atoms with Gasteiger partial charge >= 0.3 is 0 Å². The van der Waals surface area contributed by atoms with Gasteiger partial charge in [0.15, 0.2) is 0 Å². The Kier molecular flexibility index (Phi) is 11.9. The average Bonchev–Trinajstić information content (AvgIpc) is 2.45. The van der Waals surface area contributed by atoms with Crippen LogP contribution in [0.15, 0.2) is 45.9 Å². The average molecular weight is 387 g/mol. The van der Waals surface area contributed by atoms with Crippen LogP contribution in [0.3, 0.4) is 0 Å². The molecular formula is C18H30IN. The molecule has 0 aromatic rings. The molecule has 2 atom stereocenters. The Labute approximate surface area is 139 Å². The van der Waals surface area contributed by atoms with Crippen molar-refractivity contribution in [1.82, 2.24) is 5.32 Å². The topological polar surface area (TPSA) is 12.0 Å². The van der Waals surface area contributed by atoms with Crippen molar-refractivity contribution >= 4 is 22.6 Å². The molecule has 0 radical (unpaired) electrons. The Hall–Kier alpha value is -0.510. The van der Waals surface area contributed by atoms with Gasteiger partial charge in [-0.1, -0.05) is 74.9 Å². The van der Waals surface area contributed by atoms with E-state index in [4.69, 9.17) is 0 Å². The molecule has 0 saturated carbocycles. The minimum absolute atomic E-state index is 0.627. The fourth-order valence-electron chi connectivity index (χ4n) is 1.84. The highest BCUT2D eigenvalue weighted by Crippen LogP contribution is 2.15. The van der Waals surface area contributed by atoms with E-state index in [9.17, 15) is 0 Å². The van der Waals surface area contributed by atoms with Crippen LogP contribution in [0.1, 0.15) is 53.9 Å².